The van der Waals surface area contributed by atoms with E-state index in [9.17, 15) is 9.59 Å². The molecule has 0 aliphatic rings. The maximum absolute atomic E-state index is 11.4. The summed E-state index contributed by atoms with van der Waals surface area (Å²) in [5.74, 6) is 0. The van der Waals surface area contributed by atoms with Crippen LogP contribution in [0.3, 0.4) is 0 Å². The molecule has 16 heavy (non-hydrogen) atoms. The van der Waals surface area contributed by atoms with Crippen molar-refractivity contribution in [3.8, 4) is 11.4 Å². The van der Waals surface area contributed by atoms with Crippen molar-refractivity contribution in [2.24, 2.45) is 7.05 Å². The van der Waals surface area contributed by atoms with E-state index in [2.05, 4.69) is 15.0 Å². The summed E-state index contributed by atoms with van der Waals surface area (Å²) in [5, 5.41) is 0. The highest BCUT2D eigenvalue weighted by Gasteiger charge is 2.04. The Morgan fingerprint density at radius 1 is 1.25 bits per heavy atom. The predicted molar refractivity (Wildman–Crippen MR) is 58.1 cm³/mol. The van der Waals surface area contributed by atoms with Crippen LogP contribution < -0.4 is 11.2 Å². The van der Waals surface area contributed by atoms with Gasteiger partial charge in [0.15, 0.2) is 0 Å². The van der Waals surface area contributed by atoms with Crippen LogP contribution in [0.1, 0.15) is 5.69 Å². The molecule has 0 spiro atoms. The normalized spacial score (nSPS) is 10.4. The zero-order valence-electron chi connectivity index (χ0n) is 8.89. The SMILES string of the molecule is Cc1cnc(-c2cc(=O)n(C)c(=O)[nH]2)cn1. The van der Waals surface area contributed by atoms with E-state index in [1.807, 2.05) is 6.92 Å². The highest BCUT2D eigenvalue weighted by molar-refractivity contribution is 5.51. The van der Waals surface area contributed by atoms with Gasteiger partial charge < -0.3 is 4.98 Å². The van der Waals surface area contributed by atoms with E-state index in [1.54, 1.807) is 6.20 Å². The van der Waals surface area contributed by atoms with E-state index >= 15 is 0 Å². The van der Waals surface area contributed by atoms with Gasteiger partial charge in [-0.1, -0.05) is 0 Å². The van der Waals surface area contributed by atoms with Crippen LogP contribution in [0.5, 0.6) is 0 Å². The van der Waals surface area contributed by atoms with Crippen LogP contribution >= 0.6 is 0 Å². The maximum Gasteiger partial charge on any atom is 0.328 e. The van der Waals surface area contributed by atoms with Crippen LogP contribution in [-0.4, -0.2) is 19.5 Å². The van der Waals surface area contributed by atoms with Crippen molar-refractivity contribution in [3.63, 3.8) is 0 Å². The van der Waals surface area contributed by atoms with Crippen molar-refractivity contribution < 1.29 is 0 Å². The van der Waals surface area contributed by atoms with E-state index in [-0.39, 0.29) is 5.56 Å². The lowest BCUT2D eigenvalue weighted by molar-refractivity contribution is 0.777. The number of nitrogens with zero attached hydrogens (tertiary/aromatic N) is 3. The molecule has 1 N–H and O–H groups in total. The first-order chi connectivity index (χ1) is 7.58. The first kappa shape index (κ1) is 10.3. The molecule has 0 aliphatic carbocycles. The summed E-state index contributed by atoms with van der Waals surface area (Å²) in [6.07, 6.45) is 3.09. The molecule has 0 fully saturated rings. The van der Waals surface area contributed by atoms with Crippen LogP contribution in [0, 0.1) is 6.92 Å². The Hall–Kier alpha value is -2.24. The molecule has 6 nitrogen and oxygen atoms in total. The largest absolute Gasteiger partial charge is 0.328 e. The van der Waals surface area contributed by atoms with Crippen molar-refractivity contribution in [3.05, 3.63) is 45.0 Å². The first-order valence-corrected chi connectivity index (χ1v) is 4.67. The standard InChI is InChI=1S/C10H10N4O2/c1-6-4-12-8(5-11-6)7-3-9(15)14(2)10(16)13-7/h3-5H,1-2H3,(H,13,16). The third-order valence-electron chi connectivity index (χ3n) is 2.20. The summed E-state index contributed by atoms with van der Waals surface area (Å²) in [6.45, 7) is 1.81. The molecule has 0 saturated heterocycles. The number of aromatic amines is 1. The van der Waals surface area contributed by atoms with Crippen molar-refractivity contribution in [1.29, 1.82) is 0 Å². The molecular weight excluding hydrogens is 208 g/mol. The van der Waals surface area contributed by atoms with Crippen molar-refractivity contribution in [2.75, 3.05) is 0 Å². The summed E-state index contributed by atoms with van der Waals surface area (Å²) < 4.78 is 0.991. The number of nitrogens with one attached hydrogen (secondary N) is 1. The average molecular weight is 218 g/mol. The lowest BCUT2D eigenvalue weighted by Crippen LogP contribution is -2.32. The summed E-state index contributed by atoms with van der Waals surface area (Å²) >= 11 is 0. The summed E-state index contributed by atoms with van der Waals surface area (Å²) in [6, 6.07) is 1.32. The molecule has 2 rings (SSSR count). The molecule has 0 amide bonds. The Morgan fingerprint density at radius 2 is 2.00 bits per heavy atom. The van der Waals surface area contributed by atoms with E-state index in [4.69, 9.17) is 0 Å². The number of hydrogen-bond donors (Lipinski definition) is 1. The van der Waals surface area contributed by atoms with Crippen molar-refractivity contribution in [1.82, 2.24) is 19.5 Å². The molecular formula is C10H10N4O2. The smallest absolute Gasteiger partial charge is 0.305 e. The maximum atomic E-state index is 11.4. The quantitative estimate of drug-likeness (QED) is 0.721. The Labute approximate surface area is 90.6 Å². The molecule has 82 valence electrons. The number of aryl methyl sites for hydroxylation is 1. The minimum atomic E-state index is -0.468. The van der Waals surface area contributed by atoms with Gasteiger partial charge in [-0.05, 0) is 6.92 Å². The second kappa shape index (κ2) is 3.73. The molecule has 0 bridgehead atoms. The van der Waals surface area contributed by atoms with E-state index < -0.39 is 5.69 Å². The second-order valence-electron chi connectivity index (χ2n) is 3.43. The third kappa shape index (κ3) is 1.77. The van der Waals surface area contributed by atoms with Gasteiger partial charge in [-0.3, -0.25) is 19.3 Å². The van der Waals surface area contributed by atoms with E-state index in [1.165, 1.54) is 19.3 Å². The molecule has 0 unspecified atom stereocenters. The predicted octanol–water partition coefficient (Wildman–Crippen LogP) is -0.161. The van der Waals surface area contributed by atoms with Crippen LogP contribution in [0.2, 0.25) is 0 Å². The van der Waals surface area contributed by atoms with Crippen LogP contribution in [0.25, 0.3) is 11.4 Å². The molecule has 0 atom stereocenters. The van der Waals surface area contributed by atoms with Crippen molar-refractivity contribution >= 4 is 0 Å². The van der Waals surface area contributed by atoms with E-state index in [0.29, 0.717) is 11.4 Å². The summed E-state index contributed by atoms with van der Waals surface area (Å²) in [4.78, 5) is 33.4. The van der Waals surface area contributed by atoms with Gasteiger partial charge in [-0.25, -0.2) is 4.79 Å². The van der Waals surface area contributed by atoms with E-state index in [0.717, 1.165) is 10.3 Å². The zero-order chi connectivity index (χ0) is 11.7. The Kier molecular flexibility index (Phi) is 2.40. The molecule has 0 aliphatic heterocycles. The van der Waals surface area contributed by atoms with Gasteiger partial charge in [-0.15, -0.1) is 0 Å². The second-order valence-corrected chi connectivity index (χ2v) is 3.43. The number of rotatable bonds is 1. The van der Waals surface area contributed by atoms with Crippen LogP contribution in [-0.2, 0) is 7.05 Å². The summed E-state index contributed by atoms with van der Waals surface area (Å²) in [5.41, 5.74) is 0.780. The minimum absolute atomic E-state index is 0.374. The van der Waals surface area contributed by atoms with Crippen molar-refractivity contribution in [2.45, 2.75) is 6.92 Å². The molecule has 0 radical (unpaired) electrons. The monoisotopic (exact) mass is 218 g/mol. The van der Waals surface area contributed by atoms with Gasteiger partial charge in [0.05, 0.1) is 17.6 Å². The fourth-order valence-electron chi connectivity index (χ4n) is 1.23. The van der Waals surface area contributed by atoms with Gasteiger partial charge in [0.25, 0.3) is 5.56 Å². The van der Waals surface area contributed by atoms with Crippen LogP contribution in [0.4, 0.5) is 0 Å². The minimum Gasteiger partial charge on any atom is -0.305 e. The molecule has 2 heterocycles. The number of H-pyrrole nitrogens is 1. The molecule has 6 heteroatoms. The Bertz CT molecular complexity index is 593. The van der Waals surface area contributed by atoms with Crippen LogP contribution in [0.15, 0.2) is 28.0 Å². The van der Waals surface area contributed by atoms with Gasteiger partial charge in [0, 0.05) is 19.3 Å². The third-order valence-corrected chi connectivity index (χ3v) is 2.20. The summed E-state index contributed by atoms with van der Waals surface area (Å²) in [7, 11) is 1.41. The van der Waals surface area contributed by atoms with Gasteiger partial charge in [0.1, 0.15) is 5.69 Å². The van der Waals surface area contributed by atoms with Gasteiger partial charge in [-0.2, -0.15) is 0 Å². The molecule has 2 aromatic rings. The molecule has 2 aromatic heterocycles. The fourth-order valence-corrected chi connectivity index (χ4v) is 1.23. The Balaban J connectivity index is 2.62. The number of hydrogen-bond acceptors (Lipinski definition) is 4. The highest BCUT2D eigenvalue weighted by Crippen LogP contribution is 2.08. The lowest BCUT2D eigenvalue weighted by atomic mass is 10.3. The lowest BCUT2D eigenvalue weighted by Gasteiger charge is -2.01. The highest BCUT2D eigenvalue weighted by atomic mass is 16.2. The van der Waals surface area contributed by atoms with Gasteiger partial charge in [0.2, 0.25) is 0 Å². The Morgan fingerprint density at radius 3 is 2.56 bits per heavy atom. The first-order valence-electron chi connectivity index (χ1n) is 4.67. The molecule has 0 saturated carbocycles. The number of aromatic nitrogens is 4. The molecule has 0 aromatic carbocycles. The fraction of sp³-hybridized carbons (Fsp3) is 0.200. The van der Waals surface area contributed by atoms with Gasteiger partial charge >= 0.3 is 5.69 Å². The average Bonchev–Trinajstić information content (AvgIpc) is 2.26. The topological polar surface area (TPSA) is 80.6 Å². The zero-order valence-corrected chi connectivity index (χ0v) is 8.89.